The number of thioether (sulfide) groups is 1. The van der Waals surface area contributed by atoms with Gasteiger partial charge in [-0.2, -0.15) is 0 Å². The monoisotopic (exact) mass is 327 g/mol. The molecule has 4 heteroatoms. The molecule has 1 fully saturated rings. The molecular weight excluding hydrogens is 306 g/mol. The molecular formula is C19H21NO2S. The lowest BCUT2D eigenvalue weighted by molar-refractivity contribution is 0.0793. The Morgan fingerprint density at radius 1 is 1.00 bits per heavy atom. The zero-order valence-electron chi connectivity index (χ0n) is 13.1. The fourth-order valence-corrected chi connectivity index (χ4v) is 3.38. The standard InChI is InChI=1S/C19H21NO2S/c21-19(20-12-4-5-13-20)16-8-10-17(11-9-16)22-14-15-23-18-6-2-1-3-7-18/h1-3,6-11H,4-5,12-15H2. The van der Waals surface area contributed by atoms with Crippen molar-refractivity contribution in [2.45, 2.75) is 17.7 Å². The van der Waals surface area contributed by atoms with E-state index in [-0.39, 0.29) is 5.91 Å². The van der Waals surface area contributed by atoms with Gasteiger partial charge >= 0.3 is 0 Å². The van der Waals surface area contributed by atoms with Crippen LogP contribution in [0.25, 0.3) is 0 Å². The average Bonchev–Trinajstić information content (AvgIpc) is 3.14. The maximum Gasteiger partial charge on any atom is 0.253 e. The summed E-state index contributed by atoms with van der Waals surface area (Å²) >= 11 is 1.78. The van der Waals surface area contributed by atoms with Crippen LogP contribution in [0.4, 0.5) is 0 Å². The summed E-state index contributed by atoms with van der Waals surface area (Å²) in [6, 6.07) is 17.8. The van der Waals surface area contributed by atoms with Gasteiger partial charge in [0.25, 0.3) is 5.91 Å². The number of rotatable bonds is 6. The van der Waals surface area contributed by atoms with Gasteiger partial charge in [0.05, 0.1) is 6.61 Å². The fourth-order valence-electron chi connectivity index (χ4n) is 2.63. The van der Waals surface area contributed by atoms with Crippen LogP contribution in [0.3, 0.4) is 0 Å². The molecule has 0 saturated carbocycles. The first kappa shape index (κ1) is 15.9. The fraction of sp³-hybridized carbons (Fsp3) is 0.316. The van der Waals surface area contributed by atoms with Gasteiger partial charge in [-0.15, -0.1) is 11.8 Å². The van der Waals surface area contributed by atoms with E-state index < -0.39 is 0 Å². The van der Waals surface area contributed by atoms with E-state index in [0.717, 1.165) is 43.0 Å². The number of likely N-dealkylation sites (tertiary alicyclic amines) is 1. The van der Waals surface area contributed by atoms with Gasteiger partial charge < -0.3 is 9.64 Å². The smallest absolute Gasteiger partial charge is 0.253 e. The molecule has 2 aromatic carbocycles. The molecule has 0 bridgehead atoms. The molecule has 1 amide bonds. The van der Waals surface area contributed by atoms with Crippen LogP contribution in [0.1, 0.15) is 23.2 Å². The lowest BCUT2D eigenvalue weighted by Crippen LogP contribution is -2.27. The summed E-state index contributed by atoms with van der Waals surface area (Å²) in [5, 5.41) is 0. The summed E-state index contributed by atoms with van der Waals surface area (Å²) in [7, 11) is 0. The van der Waals surface area contributed by atoms with Gasteiger partial charge in [0.15, 0.2) is 0 Å². The quantitative estimate of drug-likeness (QED) is 0.591. The number of nitrogens with zero attached hydrogens (tertiary/aromatic N) is 1. The maximum atomic E-state index is 12.3. The summed E-state index contributed by atoms with van der Waals surface area (Å²) in [5.41, 5.74) is 0.748. The number of hydrogen-bond donors (Lipinski definition) is 0. The minimum Gasteiger partial charge on any atom is -0.493 e. The molecule has 1 heterocycles. The van der Waals surface area contributed by atoms with Crippen LogP contribution >= 0.6 is 11.8 Å². The van der Waals surface area contributed by atoms with Crippen LogP contribution in [0.5, 0.6) is 5.75 Å². The number of carbonyl (C=O) groups excluding carboxylic acids is 1. The van der Waals surface area contributed by atoms with E-state index in [1.807, 2.05) is 47.4 Å². The minimum absolute atomic E-state index is 0.133. The van der Waals surface area contributed by atoms with E-state index >= 15 is 0 Å². The minimum atomic E-state index is 0.133. The van der Waals surface area contributed by atoms with Crippen molar-refractivity contribution in [1.82, 2.24) is 4.90 Å². The van der Waals surface area contributed by atoms with E-state index in [0.29, 0.717) is 6.61 Å². The normalized spacial score (nSPS) is 14.0. The molecule has 0 N–H and O–H groups in total. The van der Waals surface area contributed by atoms with Gasteiger partial charge in [-0.05, 0) is 49.2 Å². The second kappa shape index (κ2) is 8.06. The highest BCUT2D eigenvalue weighted by Crippen LogP contribution is 2.19. The molecule has 1 saturated heterocycles. The number of carbonyl (C=O) groups is 1. The molecule has 0 spiro atoms. The van der Waals surface area contributed by atoms with E-state index in [2.05, 4.69) is 12.1 Å². The Balaban J connectivity index is 1.45. The summed E-state index contributed by atoms with van der Waals surface area (Å²) in [6.07, 6.45) is 2.23. The summed E-state index contributed by atoms with van der Waals surface area (Å²) in [6.45, 7) is 2.42. The van der Waals surface area contributed by atoms with Crippen LogP contribution in [-0.2, 0) is 0 Å². The van der Waals surface area contributed by atoms with Crippen LogP contribution in [0, 0.1) is 0 Å². The summed E-state index contributed by atoms with van der Waals surface area (Å²) < 4.78 is 5.74. The van der Waals surface area contributed by atoms with Crippen LogP contribution in [-0.4, -0.2) is 36.3 Å². The van der Waals surface area contributed by atoms with Gasteiger partial charge in [0, 0.05) is 29.3 Å². The van der Waals surface area contributed by atoms with Gasteiger partial charge in [-0.1, -0.05) is 18.2 Å². The Bertz CT molecular complexity index is 622. The van der Waals surface area contributed by atoms with E-state index in [1.54, 1.807) is 11.8 Å². The topological polar surface area (TPSA) is 29.5 Å². The highest BCUT2D eigenvalue weighted by Gasteiger charge is 2.19. The Morgan fingerprint density at radius 3 is 2.39 bits per heavy atom. The van der Waals surface area contributed by atoms with Crippen molar-refractivity contribution in [3.05, 3.63) is 60.2 Å². The predicted molar refractivity (Wildman–Crippen MR) is 94.2 cm³/mol. The molecule has 0 aliphatic carbocycles. The molecule has 3 rings (SSSR count). The van der Waals surface area contributed by atoms with Crippen LogP contribution in [0.2, 0.25) is 0 Å². The highest BCUT2D eigenvalue weighted by atomic mass is 32.2. The molecule has 1 aliphatic rings. The van der Waals surface area contributed by atoms with Crippen molar-refractivity contribution < 1.29 is 9.53 Å². The number of benzene rings is 2. The van der Waals surface area contributed by atoms with Crippen molar-refractivity contribution in [3.8, 4) is 5.75 Å². The maximum absolute atomic E-state index is 12.3. The number of ether oxygens (including phenoxy) is 1. The summed E-state index contributed by atoms with van der Waals surface area (Å²) in [5.74, 6) is 1.85. The lowest BCUT2D eigenvalue weighted by atomic mass is 10.2. The number of amides is 1. The third kappa shape index (κ3) is 4.52. The molecule has 0 unspecified atom stereocenters. The van der Waals surface area contributed by atoms with Gasteiger partial charge in [-0.3, -0.25) is 4.79 Å². The van der Waals surface area contributed by atoms with Crippen LogP contribution < -0.4 is 4.74 Å². The summed E-state index contributed by atoms with van der Waals surface area (Å²) in [4.78, 5) is 15.4. The predicted octanol–water partition coefficient (Wildman–Crippen LogP) is 4.09. The first-order valence-electron chi connectivity index (χ1n) is 8.03. The van der Waals surface area contributed by atoms with Crippen molar-refractivity contribution in [3.63, 3.8) is 0 Å². The van der Waals surface area contributed by atoms with Gasteiger partial charge in [-0.25, -0.2) is 0 Å². The third-order valence-electron chi connectivity index (χ3n) is 3.86. The Morgan fingerprint density at radius 2 is 1.70 bits per heavy atom. The zero-order valence-corrected chi connectivity index (χ0v) is 13.9. The average molecular weight is 327 g/mol. The molecule has 0 aromatic heterocycles. The Hall–Kier alpha value is -1.94. The lowest BCUT2D eigenvalue weighted by Gasteiger charge is -2.15. The van der Waals surface area contributed by atoms with E-state index in [4.69, 9.17) is 4.74 Å². The SMILES string of the molecule is O=C(c1ccc(OCCSc2ccccc2)cc1)N1CCCC1. The Labute approximate surface area is 141 Å². The second-order valence-corrected chi connectivity index (χ2v) is 6.70. The first-order chi connectivity index (χ1) is 11.3. The zero-order chi connectivity index (χ0) is 15.9. The van der Waals surface area contributed by atoms with Crippen molar-refractivity contribution in [2.24, 2.45) is 0 Å². The molecule has 2 aromatic rings. The van der Waals surface area contributed by atoms with Crippen molar-refractivity contribution >= 4 is 17.7 Å². The van der Waals surface area contributed by atoms with E-state index in [9.17, 15) is 4.79 Å². The molecule has 0 radical (unpaired) electrons. The molecule has 3 nitrogen and oxygen atoms in total. The molecule has 120 valence electrons. The van der Waals surface area contributed by atoms with Gasteiger partial charge in [0.1, 0.15) is 5.75 Å². The first-order valence-corrected chi connectivity index (χ1v) is 9.01. The Kier molecular flexibility index (Phi) is 5.59. The third-order valence-corrected chi connectivity index (χ3v) is 4.83. The van der Waals surface area contributed by atoms with Gasteiger partial charge in [0.2, 0.25) is 0 Å². The van der Waals surface area contributed by atoms with Crippen LogP contribution in [0.15, 0.2) is 59.5 Å². The molecule has 23 heavy (non-hydrogen) atoms. The second-order valence-electron chi connectivity index (χ2n) is 5.53. The highest BCUT2D eigenvalue weighted by molar-refractivity contribution is 7.99. The number of hydrogen-bond acceptors (Lipinski definition) is 3. The molecule has 1 aliphatic heterocycles. The molecule has 0 atom stereocenters. The van der Waals surface area contributed by atoms with E-state index in [1.165, 1.54) is 4.90 Å². The van der Waals surface area contributed by atoms with Crippen molar-refractivity contribution in [2.75, 3.05) is 25.4 Å². The van der Waals surface area contributed by atoms with Crippen molar-refractivity contribution in [1.29, 1.82) is 0 Å². The largest absolute Gasteiger partial charge is 0.493 e.